The fraction of sp³-hybridized carbons (Fsp3) is 0.714. The SMILES string of the molecule is O=[N+]([O-])c1cc(S(=O)(=O)N2CCCC2)ccc1NCC1(N2CCOCC2)CCCCC1. The van der Waals surface area contributed by atoms with Gasteiger partial charge in [0.15, 0.2) is 0 Å². The van der Waals surface area contributed by atoms with E-state index in [2.05, 4.69) is 10.2 Å². The highest BCUT2D eigenvalue weighted by Gasteiger charge is 2.39. The average Bonchev–Trinajstić information content (AvgIpc) is 3.35. The molecule has 0 atom stereocenters. The van der Waals surface area contributed by atoms with Gasteiger partial charge in [-0.3, -0.25) is 15.0 Å². The Hall–Kier alpha value is -1.75. The van der Waals surface area contributed by atoms with Gasteiger partial charge >= 0.3 is 0 Å². The molecular weight excluding hydrogens is 420 g/mol. The van der Waals surface area contributed by atoms with Crippen molar-refractivity contribution < 1.29 is 18.1 Å². The summed E-state index contributed by atoms with van der Waals surface area (Å²) < 4.78 is 32.6. The van der Waals surface area contributed by atoms with Crippen molar-refractivity contribution in [2.24, 2.45) is 0 Å². The summed E-state index contributed by atoms with van der Waals surface area (Å²) >= 11 is 0. The van der Waals surface area contributed by atoms with Crippen molar-refractivity contribution in [2.75, 3.05) is 51.3 Å². The number of anilines is 1. The maximum absolute atomic E-state index is 12.8. The van der Waals surface area contributed by atoms with Crippen LogP contribution in [0.15, 0.2) is 23.1 Å². The highest BCUT2D eigenvalue weighted by atomic mass is 32.2. The van der Waals surface area contributed by atoms with Gasteiger partial charge in [-0.1, -0.05) is 19.3 Å². The minimum absolute atomic E-state index is 0.00721. The Balaban J connectivity index is 1.56. The van der Waals surface area contributed by atoms with E-state index in [4.69, 9.17) is 4.74 Å². The Morgan fingerprint density at radius 1 is 1.03 bits per heavy atom. The number of nitrogens with one attached hydrogen (secondary N) is 1. The fourth-order valence-corrected chi connectivity index (χ4v) is 6.70. The summed E-state index contributed by atoms with van der Waals surface area (Å²) in [6, 6.07) is 4.25. The molecule has 1 aromatic carbocycles. The number of hydrogen-bond donors (Lipinski definition) is 1. The normalized spacial score (nSPS) is 23.0. The molecule has 0 radical (unpaired) electrons. The van der Waals surface area contributed by atoms with Gasteiger partial charge in [-0.15, -0.1) is 0 Å². The van der Waals surface area contributed by atoms with Crippen LogP contribution in [-0.4, -0.2) is 74.0 Å². The van der Waals surface area contributed by atoms with Crippen molar-refractivity contribution in [2.45, 2.75) is 55.4 Å². The molecule has 0 spiro atoms. The number of hydrogen-bond acceptors (Lipinski definition) is 7. The third kappa shape index (κ3) is 4.72. The standard InChI is InChI=1S/C21H32N4O5S/c26-25(27)20-16-18(31(28,29)24-10-4-5-11-24)6-7-19(20)22-17-21(8-2-1-3-9-21)23-12-14-30-15-13-23/h6-7,16,22H,1-5,8-15,17H2. The van der Waals surface area contributed by atoms with Gasteiger partial charge in [-0.2, -0.15) is 4.31 Å². The summed E-state index contributed by atoms with van der Waals surface area (Å²) in [5.74, 6) is 0. The van der Waals surface area contributed by atoms with E-state index in [9.17, 15) is 18.5 Å². The lowest BCUT2D eigenvalue weighted by atomic mass is 9.79. The summed E-state index contributed by atoms with van der Waals surface area (Å²) in [4.78, 5) is 13.8. The first kappa shape index (κ1) is 22.4. The molecule has 172 valence electrons. The molecule has 0 bridgehead atoms. The molecule has 2 heterocycles. The van der Waals surface area contributed by atoms with Crippen molar-refractivity contribution in [1.82, 2.24) is 9.21 Å². The summed E-state index contributed by atoms with van der Waals surface area (Å²) in [6.07, 6.45) is 7.26. The predicted octanol–water partition coefficient (Wildman–Crippen LogP) is 2.83. The van der Waals surface area contributed by atoms with Crippen molar-refractivity contribution in [1.29, 1.82) is 0 Å². The summed E-state index contributed by atoms with van der Waals surface area (Å²) in [6.45, 7) is 4.71. The molecule has 0 unspecified atom stereocenters. The summed E-state index contributed by atoms with van der Waals surface area (Å²) in [5, 5.41) is 15.1. The van der Waals surface area contributed by atoms with Gasteiger partial charge in [0.25, 0.3) is 5.69 Å². The van der Waals surface area contributed by atoms with Gasteiger partial charge in [-0.25, -0.2) is 8.42 Å². The predicted molar refractivity (Wildman–Crippen MR) is 118 cm³/mol. The summed E-state index contributed by atoms with van der Waals surface area (Å²) in [7, 11) is -3.70. The third-order valence-electron chi connectivity index (χ3n) is 6.94. The third-order valence-corrected chi connectivity index (χ3v) is 8.84. The van der Waals surface area contributed by atoms with Gasteiger partial charge in [0.2, 0.25) is 10.0 Å². The second-order valence-corrected chi connectivity index (χ2v) is 10.7. The maximum Gasteiger partial charge on any atom is 0.293 e. The van der Waals surface area contributed by atoms with E-state index < -0.39 is 14.9 Å². The Kier molecular flexibility index (Phi) is 6.80. The lowest BCUT2D eigenvalue weighted by molar-refractivity contribution is -0.384. The van der Waals surface area contributed by atoms with Gasteiger partial charge in [0.05, 0.1) is 23.0 Å². The van der Waals surface area contributed by atoms with Gasteiger partial charge in [0, 0.05) is 44.3 Å². The molecule has 1 aromatic rings. The molecule has 1 saturated carbocycles. The van der Waals surface area contributed by atoms with Crippen molar-refractivity contribution >= 4 is 21.4 Å². The monoisotopic (exact) mass is 452 g/mol. The van der Waals surface area contributed by atoms with Crippen LogP contribution in [0, 0.1) is 10.1 Å². The number of rotatable bonds is 7. The number of benzene rings is 1. The van der Waals surface area contributed by atoms with Crippen LogP contribution in [0.4, 0.5) is 11.4 Å². The van der Waals surface area contributed by atoms with Gasteiger partial charge in [0.1, 0.15) is 5.69 Å². The van der Waals surface area contributed by atoms with Crippen LogP contribution in [0.3, 0.4) is 0 Å². The second kappa shape index (κ2) is 9.40. The molecule has 31 heavy (non-hydrogen) atoms. The van der Waals surface area contributed by atoms with Crippen molar-refractivity contribution in [3.8, 4) is 0 Å². The number of ether oxygens (including phenoxy) is 1. The molecule has 10 heteroatoms. The molecule has 1 N–H and O–H groups in total. The molecule has 0 amide bonds. The lowest BCUT2D eigenvalue weighted by Gasteiger charge is -2.48. The first-order chi connectivity index (χ1) is 14.9. The number of nitrogens with zero attached hydrogens (tertiary/aromatic N) is 3. The smallest absolute Gasteiger partial charge is 0.293 e. The molecule has 3 aliphatic rings. The van der Waals surface area contributed by atoms with E-state index in [1.54, 1.807) is 6.07 Å². The van der Waals surface area contributed by atoms with Crippen LogP contribution in [0.2, 0.25) is 0 Å². The zero-order valence-corrected chi connectivity index (χ0v) is 18.7. The van der Waals surface area contributed by atoms with E-state index in [1.165, 1.54) is 22.9 Å². The van der Waals surface area contributed by atoms with Crippen LogP contribution in [0.25, 0.3) is 0 Å². The Labute approximate surface area is 183 Å². The highest BCUT2D eigenvalue weighted by Crippen LogP contribution is 2.36. The topological polar surface area (TPSA) is 105 Å². The first-order valence-electron chi connectivity index (χ1n) is 11.3. The van der Waals surface area contributed by atoms with E-state index in [0.717, 1.165) is 51.6 Å². The zero-order chi connectivity index (χ0) is 21.9. The summed E-state index contributed by atoms with van der Waals surface area (Å²) in [5.41, 5.74) is 0.146. The molecule has 0 aromatic heterocycles. The highest BCUT2D eigenvalue weighted by molar-refractivity contribution is 7.89. The van der Waals surface area contributed by atoms with Gasteiger partial charge in [-0.05, 0) is 37.8 Å². The van der Waals surface area contributed by atoms with Crippen LogP contribution < -0.4 is 5.32 Å². The maximum atomic E-state index is 12.8. The molecule has 9 nitrogen and oxygen atoms in total. The lowest BCUT2D eigenvalue weighted by Crippen LogP contribution is -2.58. The molecule has 2 aliphatic heterocycles. The number of sulfonamides is 1. The van der Waals surface area contributed by atoms with Crippen LogP contribution in [0.5, 0.6) is 0 Å². The Morgan fingerprint density at radius 3 is 2.35 bits per heavy atom. The minimum atomic E-state index is -3.70. The Morgan fingerprint density at radius 2 is 1.71 bits per heavy atom. The van der Waals surface area contributed by atoms with Crippen LogP contribution in [0.1, 0.15) is 44.9 Å². The van der Waals surface area contributed by atoms with Crippen LogP contribution >= 0.6 is 0 Å². The molecular formula is C21H32N4O5S. The minimum Gasteiger partial charge on any atom is -0.379 e. The van der Waals surface area contributed by atoms with E-state index in [-0.39, 0.29) is 16.1 Å². The number of nitro groups is 1. The average molecular weight is 453 g/mol. The zero-order valence-electron chi connectivity index (χ0n) is 17.9. The second-order valence-electron chi connectivity index (χ2n) is 8.79. The van der Waals surface area contributed by atoms with Crippen molar-refractivity contribution in [3.05, 3.63) is 28.3 Å². The number of nitro benzene ring substituents is 1. The van der Waals surface area contributed by atoms with E-state index in [0.29, 0.717) is 38.5 Å². The van der Waals surface area contributed by atoms with E-state index >= 15 is 0 Å². The largest absolute Gasteiger partial charge is 0.379 e. The number of morpholine rings is 1. The molecule has 1 aliphatic carbocycles. The van der Waals surface area contributed by atoms with Crippen LogP contribution in [-0.2, 0) is 14.8 Å². The van der Waals surface area contributed by atoms with E-state index in [1.807, 2.05) is 0 Å². The Bertz CT molecular complexity index is 889. The molecule has 3 fully saturated rings. The molecule has 2 saturated heterocycles. The molecule has 4 rings (SSSR count). The first-order valence-corrected chi connectivity index (χ1v) is 12.7. The van der Waals surface area contributed by atoms with Gasteiger partial charge < -0.3 is 10.1 Å². The van der Waals surface area contributed by atoms with Crippen molar-refractivity contribution in [3.63, 3.8) is 0 Å². The quantitative estimate of drug-likeness (QED) is 0.501. The fourth-order valence-electron chi connectivity index (χ4n) is 5.16.